The minimum absolute atomic E-state index is 0.326. The van der Waals surface area contributed by atoms with E-state index in [2.05, 4.69) is 43.0 Å². The van der Waals surface area contributed by atoms with Crippen LogP contribution in [0.25, 0.3) is 10.8 Å². The highest BCUT2D eigenvalue weighted by Gasteiger charge is 2.23. The second-order valence-electron chi connectivity index (χ2n) is 6.86. The van der Waals surface area contributed by atoms with Crippen molar-refractivity contribution in [2.45, 2.75) is 39.7 Å². The van der Waals surface area contributed by atoms with E-state index in [0.29, 0.717) is 11.7 Å². The average Bonchev–Trinajstić information content (AvgIpc) is 2.62. The van der Waals surface area contributed by atoms with Gasteiger partial charge < -0.3 is 9.84 Å². The fourth-order valence-corrected chi connectivity index (χ4v) is 3.73. The Morgan fingerprint density at radius 2 is 1.84 bits per heavy atom. The summed E-state index contributed by atoms with van der Waals surface area (Å²) in [5.41, 5.74) is 1.34. The van der Waals surface area contributed by atoms with Crippen molar-refractivity contribution >= 4 is 10.8 Å². The van der Waals surface area contributed by atoms with Gasteiger partial charge in [-0.15, -0.1) is 0 Å². The zero-order valence-electron chi connectivity index (χ0n) is 15.4. The van der Waals surface area contributed by atoms with Gasteiger partial charge in [0.1, 0.15) is 5.75 Å². The molecular weight excluding hydrogens is 310 g/mol. The largest absolute Gasteiger partial charge is 0.508 e. The van der Waals surface area contributed by atoms with E-state index in [1.165, 1.54) is 29.6 Å². The fraction of sp³-hybridized carbons (Fsp3) is 0.455. The molecule has 25 heavy (non-hydrogen) atoms. The maximum absolute atomic E-state index is 9.58. The molecular formula is C22H29NO2. The van der Waals surface area contributed by atoms with Gasteiger partial charge in [0.05, 0.1) is 12.4 Å². The van der Waals surface area contributed by atoms with Gasteiger partial charge in [-0.05, 0) is 79.9 Å². The average molecular weight is 339 g/mol. The summed E-state index contributed by atoms with van der Waals surface area (Å²) in [5.74, 6) is 2.11. The third-order valence-corrected chi connectivity index (χ3v) is 5.00. The summed E-state index contributed by atoms with van der Waals surface area (Å²) >= 11 is 0. The molecule has 2 aromatic rings. The van der Waals surface area contributed by atoms with Crippen molar-refractivity contribution in [3.63, 3.8) is 0 Å². The lowest BCUT2D eigenvalue weighted by Crippen LogP contribution is -2.34. The van der Waals surface area contributed by atoms with Crippen LogP contribution in [-0.2, 0) is 11.3 Å². The molecule has 134 valence electrons. The van der Waals surface area contributed by atoms with Crippen LogP contribution in [0.2, 0.25) is 0 Å². The summed E-state index contributed by atoms with van der Waals surface area (Å²) in [6, 6.07) is 12.1. The van der Waals surface area contributed by atoms with Gasteiger partial charge in [-0.1, -0.05) is 25.1 Å². The summed E-state index contributed by atoms with van der Waals surface area (Å²) in [7, 11) is 0. The van der Waals surface area contributed by atoms with E-state index in [0.717, 1.165) is 38.0 Å². The molecule has 0 bridgehead atoms. The minimum Gasteiger partial charge on any atom is -0.508 e. The van der Waals surface area contributed by atoms with Gasteiger partial charge in [0.25, 0.3) is 0 Å². The number of nitrogens with zero attached hydrogens (tertiary/aromatic N) is 1. The van der Waals surface area contributed by atoms with Gasteiger partial charge in [-0.25, -0.2) is 0 Å². The summed E-state index contributed by atoms with van der Waals surface area (Å²) in [5, 5.41) is 11.9. The van der Waals surface area contributed by atoms with E-state index in [1.807, 2.05) is 12.1 Å². The van der Waals surface area contributed by atoms with Crippen LogP contribution in [-0.4, -0.2) is 29.7 Å². The number of ether oxygens (including phenoxy) is 1. The normalized spacial score (nSPS) is 17.1. The van der Waals surface area contributed by atoms with Gasteiger partial charge >= 0.3 is 0 Å². The van der Waals surface area contributed by atoms with Gasteiger partial charge in [0.15, 0.2) is 0 Å². The molecule has 3 heteroatoms. The molecule has 0 aliphatic carbocycles. The molecule has 1 aliphatic rings. The van der Waals surface area contributed by atoms with Gasteiger partial charge in [-0.2, -0.15) is 0 Å². The maximum atomic E-state index is 9.58. The number of phenolic OH excluding ortho intramolecular Hbond substituents is 1. The number of likely N-dealkylation sites (tertiary alicyclic amines) is 1. The summed E-state index contributed by atoms with van der Waals surface area (Å²) in [6.07, 6.45) is 5.64. The zero-order chi connectivity index (χ0) is 17.6. The number of piperidine rings is 1. The van der Waals surface area contributed by atoms with Crippen LogP contribution < -0.4 is 0 Å². The molecule has 2 aromatic carbocycles. The first-order valence-electron chi connectivity index (χ1n) is 9.46. The Morgan fingerprint density at radius 3 is 2.56 bits per heavy atom. The number of benzene rings is 2. The molecule has 0 saturated carbocycles. The van der Waals surface area contributed by atoms with E-state index < -0.39 is 0 Å². The quantitative estimate of drug-likeness (QED) is 0.744. The molecule has 3 rings (SSSR count). The molecule has 1 aliphatic heterocycles. The van der Waals surface area contributed by atoms with Crippen LogP contribution in [0.4, 0.5) is 0 Å². The van der Waals surface area contributed by atoms with Crippen LogP contribution in [0.1, 0.15) is 38.7 Å². The Morgan fingerprint density at radius 1 is 1.12 bits per heavy atom. The van der Waals surface area contributed by atoms with Crippen molar-refractivity contribution in [3.8, 4) is 5.75 Å². The van der Waals surface area contributed by atoms with Crippen molar-refractivity contribution in [3.05, 3.63) is 53.8 Å². The number of hydrogen-bond acceptors (Lipinski definition) is 3. The topological polar surface area (TPSA) is 32.7 Å². The monoisotopic (exact) mass is 339 g/mol. The second-order valence-corrected chi connectivity index (χ2v) is 6.86. The molecule has 0 spiro atoms. The molecule has 1 N–H and O–H groups in total. The van der Waals surface area contributed by atoms with E-state index in [4.69, 9.17) is 4.74 Å². The molecule has 1 heterocycles. The van der Waals surface area contributed by atoms with Crippen LogP contribution in [0.3, 0.4) is 0 Å². The third-order valence-electron chi connectivity index (χ3n) is 5.00. The van der Waals surface area contributed by atoms with Crippen molar-refractivity contribution in [2.24, 2.45) is 5.92 Å². The Labute approximate surface area is 150 Å². The predicted molar refractivity (Wildman–Crippen MR) is 104 cm³/mol. The van der Waals surface area contributed by atoms with Crippen molar-refractivity contribution < 1.29 is 9.84 Å². The first-order valence-corrected chi connectivity index (χ1v) is 9.46. The first kappa shape index (κ1) is 17.8. The molecule has 0 radical (unpaired) electrons. The highest BCUT2D eigenvalue weighted by Crippen LogP contribution is 2.27. The van der Waals surface area contributed by atoms with Crippen LogP contribution in [0, 0.1) is 5.92 Å². The molecule has 3 nitrogen and oxygen atoms in total. The first-order chi connectivity index (χ1) is 12.2. The number of phenols is 1. The van der Waals surface area contributed by atoms with Crippen molar-refractivity contribution in [1.82, 2.24) is 4.90 Å². The predicted octanol–water partition coefficient (Wildman–Crippen LogP) is 5.09. The number of fused-ring (bicyclic) bond motifs is 1. The Hall–Kier alpha value is -2.00. The van der Waals surface area contributed by atoms with E-state index >= 15 is 0 Å². The smallest absolute Gasteiger partial charge is 0.116 e. The van der Waals surface area contributed by atoms with Crippen molar-refractivity contribution in [2.75, 3.05) is 19.7 Å². The zero-order valence-corrected chi connectivity index (χ0v) is 15.4. The molecule has 0 unspecified atom stereocenters. The van der Waals surface area contributed by atoms with Crippen LogP contribution in [0.5, 0.6) is 5.75 Å². The van der Waals surface area contributed by atoms with Crippen molar-refractivity contribution in [1.29, 1.82) is 0 Å². The fourth-order valence-electron chi connectivity index (χ4n) is 3.73. The maximum Gasteiger partial charge on any atom is 0.116 e. The minimum atomic E-state index is 0.326. The second kappa shape index (κ2) is 8.39. The summed E-state index contributed by atoms with van der Waals surface area (Å²) in [4.78, 5) is 2.54. The highest BCUT2D eigenvalue weighted by atomic mass is 16.5. The third kappa shape index (κ3) is 4.55. The standard InChI is InChI=1S/C22H29NO2/c1-3-5-22(25-4-2)18-10-12-23(13-11-18)16-17-6-7-20-15-21(24)9-8-19(20)14-17/h5-9,14-15,18,24H,3-4,10-13,16H2,1-2H3/b22-5-. The molecule has 0 amide bonds. The number of allylic oxidation sites excluding steroid dienone is 2. The number of aromatic hydroxyl groups is 1. The molecule has 1 fully saturated rings. The molecule has 1 saturated heterocycles. The summed E-state index contributed by atoms with van der Waals surface area (Å²) in [6.45, 7) is 8.23. The SMILES string of the molecule is CC/C=C(\OCC)C1CCN(Cc2ccc3cc(O)ccc3c2)CC1. The van der Waals surface area contributed by atoms with Gasteiger partial charge in [-0.3, -0.25) is 4.90 Å². The van der Waals surface area contributed by atoms with E-state index in [1.54, 1.807) is 6.07 Å². The summed E-state index contributed by atoms with van der Waals surface area (Å²) < 4.78 is 5.86. The van der Waals surface area contributed by atoms with Crippen LogP contribution in [0.15, 0.2) is 48.2 Å². The Bertz CT molecular complexity index is 730. The van der Waals surface area contributed by atoms with E-state index in [-0.39, 0.29) is 0 Å². The number of rotatable bonds is 6. The lowest BCUT2D eigenvalue weighted by atomic mass is 9.93. The lowest BCUT2D eigenvalue weighted by molar-refractivity contribution is 0.130. The van der Waals surface area contributed by atoms with Crippen LogP contribution >= 0.6 is 0 Å². The Balaban J connectivity index is 1.60. The van der Waals surface area contributed by atoms with Gasteiger partial charge in [0.2, 0.25) is 0 Å². The van der Waals surface area contributed by atoms with Gasteiger partial charge in [0, 0.05) is 12.5 Å². The number of hydrogen-bond donors (Lipinski definition) is 1. The molecule has 0 atom stereocenters. The lowest BCUT2D eigenvalue weighted by Gasteiger charge is -2.33. The van der Waals surface area contributed by atoms with E-state index in [9.17, 15) is 5.11 Å². The Kier molecular flexibility index (Phi) is 5.98. The molecule has 0 aromatic heterocycles. The highest BCUT2D eigenvalue weighted by molar-refractivity contribution is 5.84.